The van der Waals surface area contributed by atoms with Gasteiger partial charge in [0, 0.05) is 49.4 Å². The van der Waals surface area contributed by atoms with Gasteiger partial charge in [-0.25, -0.2) is 0 Å². The molecule has 7 aromatic rings. The monoisotopic (exact) mass is 484 g/mol. The molecule has 0 saturated heterocycles. The summed E-state index contributed by atoms with van der Waals surface area (Å²) in [5, 5.41) is 8.07. The molecule has 0 fully saturated rings. The number of rotatable bonds is 1. The maximum atomic E-state index is 2.67. The average molecular weight is 484 g/mol. The van der Waals surface area contributed by atoms with Crippen LogP contribution >= 0.6 is 0 Å². The molecule has 0 spiro atoms. The maximum Gasteiger partial charge on any atom is 0.305 e. The summed E-state index contributed by atoms with van der Waals surface area (Å²) in [6.07, 6.45) is 9.36. The van der Waals surface area contributed by atoms with Gasteiger partial charge in [-0.3, -0.25) is 0 Å². The SMILES string of the molecule is Cc1cccc2c3ccccc3n(B3c4cc5ccccc5c5c6ccccc6n(c45)C4C=CC=CC34)c12. The first-order valence-corrected chi connectivity index (χ1v) is 13.6. The van der Waals surface area contributed by atoms with Crippen LogP contribution in [-0.2, 0) is 0 Å². The molecule has 5 aromatic carbocycles. The zero-order valence-electron chi connectivity index (χ0n) is 21.2. The lowest BCUT2D eigenvalue weighted by atomic mass is 9.42. The van der Waals surface area contributed by atoms with E-state index < -0.39 is 0 Å². The number of benzene rings is 5. The molecular weight excluding hydrogens is 459 g/mol. The van der Waals surface area contributed by atoms with Crippen LogP contribution in [-0.4, -0.2) is 15.9 Å². The zero-order chi connectivity index (χ0) is 25.0. The molecule has 2 aromatic heterocycles. The first-order chi connectivity index (χ1) is 18.8. The number of para-hydroxylation sites is 3. The minimum absolute atomic E-state index is 0.175. The average Bonchev–Trinajstić information content (AvgIpc) is 3.49. The zero-order valence-corrected chi connectivity index (χ0v) is 21.2. The third-order valence-electron chi connectivity index (χ3n) is 9.06. The molecule has 9 rings (SSSR count). The van der Waals surface area contributed by atoms with Gasteiger partial charge in [0.05, 0.1) is 6.04 Å². The number of aromatic nitrogens is 2. The highest BCUT2D eigenvalue weighted by Crippen LogP contribution is 2.47. The van der Waals surface area contributed by atoms with Crippen LogP contribution in [0.5, 0.6) is 0 Å². The van der Waals surface area contributed by atoms with Crippen LogP contribution in [0.3, 0.4) is 0 Å². The molecule has 3 heteroatoms. The van der Waals surface area contributed by atoms with Crippen LogP contribution in [0.4, 0.5) is 0 Å². The lowest BCUT2D eigenvalue weighted by Gasteiger charge is -2.38. The Balaban J connectivity index is 1.54. The Morgan fingerprint density at radius 1 is 0.632 bits per heavy atom. The summed E-state index contributed by atoms with van der Waals surface area (Å²) < 4.78 is 5.31. The number of fused-ring (bicyclic) bond motifs is 10. The summed E-state index contributed by atoms with van der Waals surface area (Å²) in [5.41, 5.74) is 8.12. The standard InChI is InChI=1S/C35H25BN2/c1-22-11-10-16-26-25-14-4-8-19-31(25)38(34(22)26)36-28-17-6-9-20-32(28)37-30-18-7-5-15-27(30)33-24-13-3-2-12-23(24)21-29(36)35(33)37/h2-21,28,32H,1H3. The summed E-state index contributed by atoms with van der Waals surface area (Å²) in [6, 6.07) is 36.4. The van der Waals surface area contributed by atoms with Crippen LogP contribution < -0.4 is 5.46 Å². The van der Waals surface area contributed by atoms with Gasteiger partial charge in [-0.15, -0.1) is 0 Å². The molecule has 0 saturated carbocycles. The second-order valence-electron chi connectivity index (χ2n) is 10.9. The van der Waals surface area contributed by atoms with E-state index in [1.165, 1.54) is 65.4 Å². The van der Waals surface area contributed by atoms with E-state index in [4.69, 9.17) is 0 Å². The van der Waals surface area contributed by atoms with E-state index in [-0.39, 0.29) is 12.9 Å². The Morgan fingerprint density at radius 2 is 1.34 bits per heavy atom. The highest BCUT2D eigenvalue weighted by atomic mass is 15.0. The summed E-state index contributed by atoms with van der Waals surface area (Å²) in [4.78, 5) is 0. The maximum absolute atomic E-state index is 2.67. The molecule has 0 radical (unpaired) electrons. The van der Waals surface area contributed by atoms with Crippen LogP contribution in [0.2, 0.25) is 5.82 Å². The predicted molar refractivity (Wildman–Crippen MR) is 163 cm³/mol. The smallest absolute Gasteiger partial charge is 0.305 e. The molecule has 38 heavy (non-hydrogen) atoms. The quantitative estimate of drug-likeness (QED) is 0.208. The van der Waals surface area contributed by atoms with Gasteiger partial charge in [0.1, 0.15) is 0 Å². The number of hydrogen-bond donors (Lipinski definition) is 0. The van der Waals surface area contributed by atoms with Crippen molar-refractivity contribution in [2.75, 3.05) is 0 Å². The largest absolute Gasteiger partial charge is 0.379 e. The third-order valence-corrected chi connectivity index (χ3v) is 9.06. The highest BCUT2D eigenvalue weighted by Gasteiger charge is 2.43. The molecule has 0 N–H and O–H groups in total. The van der Waals surface area contributed by atoms with E-state index in [1.54, 1.807) is 0 Å². The minimum atomic E-state index is 0.175. The molecule has 0 bridgehead atoms. The van der Waals surface area contributed by atoms with Gasteiger partial charge >= 0.3 is 6.85 Å². The number of allylic oxidation sites excluding steroid dienone is 4. The summed E-state index contributed by atoms with van der Waals surface area (Å²) >= 11 is 0. The minimum Gasteiger partial charge on any atom is -0.379 e. The third kappa shape index (κ3) is 2.44. The highest BCUT2D eigenvalue weighted by molar-refractivity contribution is 6.78. The second-order valence-corrected chi connectivity index (χ2v) is 10.9. The van der Waals surface area contributed by atoms with Gasteiger partial charge in [-0.2, -0.15) is 0 Å². The van der Waals surface area contributed by atoms with Crippen molar-refractivity contribution in [3.8, 4) is 0 Å². The van der Waals surface area contributed by atoms with Crippen molar-refractivity contribution in [3.63, 3.8) is 0 Å². The Bertz CT molecular complexity index is 2170. The van der Waals surface area contributed by atoms with Crippen LogP contribution in [0.1, 0.15) is 11.6 Å². The van der Waals surface area contributed by atoms with Crippen molar-refractivity contribution < 1.29 is 0 Å². The first kappa shape index (κ1) is 20.5. The second kappa shape index (κ2) is 7.29. The Morgan fingerprint density at radius 3 is 2.24 bits per heavy atom. The summed E-state index contributed by atoms with van der Waals surface area (Å²) in [7, 11) is 0. The lowest BCUT2D eigenvalue weighted by Crippen LogP contribution is -2.49. The molecule has 1 aliphatic carbocycles. The van der Waals surface area contributed by atoms with Gasteiger partial charge in [-0.05, 0) is 40.9 Å². The molecule has 2 nitrogen and oxygen atoms in total. The Kier molecular flexibility index (Phi) is 3.94. The molecule has 0 amide bonds. The van der Waals surface area contributed by atoms with Crippen molar-refractivity contribution in [1.82, 2.24) is 9.05 Å². The molecule has 3 heterocycles. The van der Waals surface area contributed by atoms with Crippen LogP contribution in [0, 0.1) is 6.92 Å². The van der Waals surface area contributed by atoms with Crippen molar-refractivity contribution in [1.29, 1.82) is 0 Å². The van der Waals surface area contributed by atoms with E-state index in [2.05, 4.69) is 137 Å². The molecule has 178 valence electrons. The Hall–Kier alpha value is -4.50. The fourth-order valence-corrected chi connectivity index (χ4v) is 7.64. The fourth-order valence-electron chi connectivity index (χ4n) is 7.64. The summed E-state index contributed by atoms with van der Waals surface area (Å²) in [5.74, 6) is 0.297. The van der Waals surface area contributed by atoms with Crippen molar-refractivity contribution in [2.45, 2.75) is 18.8 Å². The van der Waals surface area contributed by atoms with Gasteiger partial charge in [-0.1, -0.05) is 109 Å². The molecule has 1 aliphatic heterocycles. The van der Waals surface area contributed by atoms with Crippen molar-refractivity contribution >= 4 is 66.7 Å². The Labute approximate surface area is 221 Å². The number of hydrogen-bond acceptors (Lipinski definition) is 0. The number of aryl methyl sites for hydroxylation is 1. The van der Waals surface area contributed by atoms with Gasteiger partial charge in [0.15, 0.2) is 0 Å². The van der Waals surface area contributed by atoms with Crippen molar-refractivity contribution in [2.24, 2.45) is 0 Å². The van der Waals surface area contributed by atoms with E-state index >= 15 is 0 Å². The molecule has 2 aliphatic rings. The van der Waals surface area contributed by atoms with Gasteiger partial charge in [0.25, 0.3) is 0 Å². The van der Waals surface area contributed by atoms with Crippen molar-refractivity contribution in [3.05, 3.63) is 127 Å². The lowest BCUT2D eigenvalue weighted by molar-refractivity contribution is 0.629. The fraction of sp³-hybridized carbons (Fsp3) is 0.0857. The topological polar surface area (TPSA) is 9.86 Å². The predicted octanol–water partition coefficient (Wildman–Crippen LogP) is 8.16. The van der Waals surface area contributed by atoms with Crippen LogP contribution in [0.25, 0.3) is 54.4 Å². The number of nitrogens with zero attached hydrogens (tertiary/aromatic N) is 2. The van der Waals surface area contributed by atoms with E-state index in [0.717, 1.165) is 0 Å². The normalized spacial score (nSPS) is 18.4. The first-order valence-electron chi connectivity index (χ1n) is 13.6. The van der Waals surface area contributed by atoms with E-state index in [9.17, 15) is 0 Å². The summed E-state index contributed by atoms with van der Waals surface area (Å²) in [6.45, 7) is 2.44. The van der Waals surface area contributed by atoms with Crippen LogP contribution in [0.15, 0.2) is 121 Å². The molecule has 2 atom stereocenters. The molecular formula is C35H25BN2. The van der Waals surface area contributed by atoms with E-state index in [0.29, 0.717) is 5.82 Å². The van der Waals surface area contributed by atoms with E-state index in [1.807, 2.05) is 0 Å². The van der Waals surface area contributed by atoms with Gasteiger partial charge in [0.2, 0.25) is 0 Å². The van der Waals surface area contributed by atoms with Gasteiger partial charge < -0.3 is 9.05 Å². The molecule has 2 unspecified atom stereocenters.